The Balaban J connectivity index is 1.90. The number of rotatable bonds is 0. The van der Waals surface area contributed by atoms with E-state index >= 15 is 0 Å². The van der Waals surface area contributed by atoms with Crippen LogP contribution in [0.4, 0.5) is 0 Å². The minimum absolute atomic E-state index is 0.0252. The average Bonchev–Trinajstić information content (AvgIpc) is 2.66. The number of aliphatic hydroxyl groups is 1. The van der Waals surface area contributed by atoms with Gasteiger partial charge in [-0.3, -0.25) is 0 Å². The summed E-state index contributed by atoms with van der Waals surface area (Å²) in [6.07, 6.45) is 8.03. The van der Waals surface area contributed by atoms with E-state index in [0.717, 1.165) is 30.1 Å². The second-order valence-electron chi connectivity index (χ2n) is 7.57. The maximum atomic E-state index is 10.2. The highest BCUT2D eigenvalue weighted by Gasteiger charge is 2.54. The van der Waals surface area contributed by atoms with Crippen LogP contribution in [0.1, 0.15) is 59.3 Å². The zero-order valence-electron chi connectivity index (χ0n) is 11.7. The SMILES string of the molecule is C[C@@H]1CC[C@H]2C1CCC1(C)CC[C@@H](O)[C@@H](C)C21. The van der Waals surface area contributed by atoms with Crippen molar-refractivity contribution in [2.24, 2.45) is 35.0 Å². The molecule has 0 radical (unpaired) electrons. The molecule has 0 saturated heterocycles. The van der Waals surface area contributed by atoms with Crippen molar-refractivity contribution in [1.29, 1.82) is 0 Å². The highest BCUT2D eigenvalue weighted by molar-refractivity contribution is 5.03. The van der Waals surface area contributed by atoms with Gasteiger partial charge in [-0.15, -0.1) is 0 Å². The third kappa shape index (κ3) is 1.69. The maximum Gasteiger partial charge on any atom is 0.0568 e. The number of fused-ring (bicyclic) bond motifs is 3. The van der Waals surface area contributed by atoms with E-state index in [9.17, 15) is 5.11 Å². The molecule has 3 aliphatic carbocycles. The van der Waals surface area contributed by atoms with Crippen molar-refractivity contribution in [3.63, 3.8) is 0 Å². The molecule has 0 aromatic rings. The van der Waals surface area contributed by atoms with Crippen molar-refractivity contribution in [3.05, 3.63) is 0 Å². The standard InChI is InChI=1S/C16H28O/c1-10-4-5-13-12(10)6-8-16(3)9-7-14(17)11(2)15(13)16/h10-15,17H,4-9H2,1-3H3/t10-,11-,12?,13+,14-,15?,16?/m1/s1. The summed E-state index contributed by atoms with van der Waals surface area (Å²) in [7, 11) is 0. The molecule has 17 heavy (non-hydrogen) atoms. The zero-order valence-corrected chi connectivity index (χ0v) is 11.7. The predicted octanol–water partition coefficient (Wildman–Crippen LogP) is 3.86. The summed E-state index contributed by atoms with van der Waals surface area (Å²) in [6, 6.07) is 0. The smallest absolute Gasteiger partial charge is 0.0568 e. The van der Waals surface area contributed by atoms with E-state index in [1.54, 1.807) is 0 Å². The van der Waals surface area contributed by atoms with E-state index in [1.165, 1.54) is 32.1 Å². The van der Waals surface area contributed by atoms with E-state index < -0.39 is 0 Å². The third-order valence-electron chi connectivity index (χ3n) is 6.74. The molecule has 0 heterocycles. The van der Waals surface area contributed by atoms with Gasteiger partial charge in [0.05, 0.1) is 6.10 Å². The monoisotopic (exact) mass is 236 g/mol. The maximum absolute atomic E-state index is 10.2. The molecule has 0 amide bonds. The summed E-state index contributed by atoms with van der Waals surface area (Å²) in [5.74, 6) is 4.17. The van der Waals surface area contributed by atoms with E-state index in [-0.39, 0.29) is 6.10 Å². The first kappa shape index (κ1) is 12.0. The van der Waals surface area contributed by atoms with Crippen LogP contribution >= 0.6 is 0 Å². The third-order valence-corrected chi connectivity index (χ3v) is 6.74. The minimum Gasteiger partial charge on any atom is -0.393 e. The molecule has 3 aliphatic rings. The first-order valence-corrected chi connectivity index (χ1v) is 7.71. The molecule has 98 valence electrons. The molecule has 0 aromatic carbocycles. The fourth-order valence-corrected chi connectivity index (χ4v) is 5.73. The van der Waals surface area contributed by atoms with Gasteiger partial charge in [-0.05, 0) is 67.1 Å². The second-order valence-corrected chi connectivity index (χ2v) is 7.57. The van der Waals surface area contributed by atoms with Gasteiger partial charge in [-0.2, -0.15) is 0 Å². The summed E-state index contributed by atoms with van der Waals surface area (Å²) in [6.45, 7) is 7.29. The molecule has 0 spiro atoms. The van der Waals surface area contributed by atoms with Gasteiger partial charge >= 0.3 is 0 Å². The number of hydrogen-bond acceptors (Lipinski definition) is 1. The van der Waals surface area contributed by atoms with Crippen LogP contribution < -0.4 is 0 Å². The highest BCUT2D eigenvalue weighted by atomic mass is 16.3. The molecule has 7 atom stereocenters. The predicted molar refractivity (Wildman–Crippen MR) is 70.6 cm³/mol. The van der Waals surface area contributed by atoms with Crippen LogP contribution in [-0.4, -0.2) is 11.2 Å². The largest absolute Gasteiger partial charge is 0.393 e. The van der Waals surface area contributed by atoms with E-state index in [0.29, 0.717) is 11.3 Å². The summed E-state index contributed by atoms with van der Waals surface area (Å²) in [5.41, 5.74) is 0.546. The van der Waals surface area contributed by atoms with Crippen molar-refractivity contribution in [3.8, 4) is 0 Å². The molecule has 0 aromatic heterocycles. The lowest BCUT2D eigenvalue weighted by Crippen LogP contribution is -2.50. The molecule has 1 heteroatoms. The Morgan fingerprint density at radius 3 is 2.41 bits per heavy atom. The van der Waals surface area contributed by atoms with E-state index in [2.05, 4.69) is 20.8 Å². The van der Waals surface area contributed by atoms with E-state index in [1.807, 2.05) is 0 Å². The Bertz CT molecular complexity index is 300. The van der Waals surface area contributed by atoms with Crippen LogP contribution in [0, 0.1) is 35.0 Å². The van der Waals surface area contributed by atoms with Crippen molar-refractivity contribution in [2.75, 3.05) is 0 Å². The number of aliphatic hydroxyl groups excluding tert-OH is 1. The van der Waals surface area contributed by atoms with Crippen LogP contribution in [0.15, 0.2) is 0 Å². The molecule has 0 aliphatic heterocycles. The fraction of sp³-hybridized carbons (Fsp3) is 1.00. The van der Waals surface area contributed by atoms with Crippen LogP contribution in [0.25, 0.3) is 0 Å². The van der Waals surface area contributed by atoms with Crippen molar-refractivity contribution in [2.45, 2.75) is 65.4 Å². The lowest BCUT2D eigenvalue weighted by molar-refractivity contribution is -0.0977. The van der Waals surface area contributed by atoms with Gasteiger partial charge in [0.25, 0.3) is 0 Å². The van der Waals surface area contributed by atoms with Crippen LogP contribution in [-0.2, 0) is 0 Å². The second kappa shape index (κ2) is 3.98. The molecular weight excluding hydrogens is 208 g/mol. The quantitative estimate of drug-likeness (QED) is 0.677. The molecule has 3 rings (SSSR count). The summed E-state index contributed by atoms with van der Waals surface area (Å²) in [5, 5.41) is 10.2. The zero-order chi connectivity index (χ0) is 12.2. The number of hydrogen-bond donors (Lipinski definition) is 1. The Hall–Kier alpha value is -0.0400. The molecule has 3 saturated carbocycles. The lowest BCUT2D eigenvalue weighted by atomic mass is 9.50. The van der Waals surface area contributed by atoms with Gasteiger partial charge in [0, 0.05) is 0 Å². The van der Waals surface area contributed by atoms with Gasteiger partial charge < -0.3 is 5.11 Å². The molecule has 1 nitrogen and oxygen atoms in total. The van der Waals surface area contributed by atoms with Crippen LogP contribution in [0.2, 0.25) is 0 Å². The minimum atomic E-state index is -0.0252. The van der Waals surface area contributed by atoms with Gasteiger partial charge in [-0.25, -0.2) is 0 Å². The van der Waals surface area contributed by atoms with Gasteiger partial charge in [-0.1, -0.05) is 27.2 Å². The molecular formula is C16H28O. The van der Waals surface area contributed by atoms with Crippen molar-refractivity contribution >= 4 is 0 Å². The summed E-state index contributed by atoms with van der Waals surface area (Å²) >= 11 is 0. The Morgan fingerprint density at radius 1 is 0.941 bits per heavy atom. The van der Waals surface area contributed by atoms with Gasteiger partial charge in [0.2, 0.25) is 0 Å². The van der Waals surface area contributed by atoms with E-state index in [4.69, 9.17) is 0 Å². The highest BCUT2D eigenvalue weighted by Crippen LogP contribution is 2.61. The summed E-state index contributed by atoms with van der Waals surface area (Å²) < 4.78 is 0. The van der Waals surface area contributed by atoms with Crippen molar-refractivity contribution in [1.82, 2.24) is 0 Å². The molecule has 3 fully saturated rings. The van der Waals surface area contributed by atoms with Crippen LogP contribution in [0.5, 0.6) is 0 Å². The average molecular weight is 236 g/mol. The Morgan fingerprint density at radius 2 is 1.65 bits per heavy atom. The fourth-order valence-electron chi connectivity index (χ4n) is 5.73. The molecule has 1 N–H and O–H groups in total. The summed E-state index contributed by atoms with van der Waals surface area (Å²) in [4.78, 5) is 0. The van der Waals surface area contributed by atoms with Gasteiger partial charge in [0.1, 0.15) is 0 Å². The Kier molecular flexibility index (Phi) is 2.81. The van der Waals surface area contributed by atoms with Crippen LogP contribution in [0.3, 0.4) is 0 Å². The topological polar surface area (TPSA) is 20.2 Å². The normalized spacial score (nSPS) is 58.6. The van der Waals surface area contributed by atoms with Gasteiger partial charge in [0.15, 0.2) is 0 Å². The lowest BCUT2D eigenvalue weighted by Gasteiger charge is -2.55. The Labute approximate surface area is 106 Å². The van der Waals surface area contributed by atoms with Crippen molar-refractivity contribution < 1.29 is 5.11 Å². The molecule has 0 bridgehead atoms. The molecule has 3 unspecified atom stereocenters. The first-order chi connectivity index (χ1) is 8.03. The first-order valence-electron chi connectivity index (χ1n) is 7.71.